The molecule has 3 N–H and O–H groups in total. The van der Waals surface area contributed by atoms with Gasteiger partial charge in [-0.25, -0.2) is 9.78 Å². The van der Waals surface area contributed by atoms with Crippen molar-refractivity contribution in [1.29, 1.82) is 0 Å². The summed E-state index contributed by atoms with van der Waals surface area (Å²) in [5.41, 5.74) is 5.32. The first-order valence-electron chi connectivity index (χ1n) is 9.11. The molecule has 2 atom stereocenters. The Kier molecular flexibility index (Phi) is 9.45. The van der Waals surface area contributed by atoms with Gasteiger partial charge in [0.1, 0.15) is 24.2 Å². The number of nitrogens with two attached hydrogens (primary N) is 1. The number of carbonyl (C=O) groups is 5. The predicted octanol–water partition coefficient (Wildman–Crippen LogP) is -4.75. The van der Waals surface area contributed by atoms with E-state index in [0.29, 0.717) is 6.21 Å². The summed E-state index contributed by atoms with van der Waals surface area (Å²) in [4.78, 5) is 69.5. The number of carbonyl (C=O) groups excluding carboxylic acids is 5. The molecule has 2 aliphatic rings. The van der Waals surface area contributed by atoms with Crippen LogP contribution in [0.1, 0.15) is 6.92 Å². The summed E-state index contributed by atoms with van der Waals surface area (Å²) in [6, 6.07) is -1.03. The Morgan fingerprint density at radius 3 is 2.74 bits per heavy atom. The van der Waals surface area contributed by atoms with Crippen LogP contribution >= 0.6 is 23.1 Å². The standard InChI is InChI=1S/C17H18N6O8S2.Na/c1-7(24)30-4-8-5-32-14-11(13(26)23(14)12(8)15(27)28)21-10(25)3-19-31-17(29)22(2)9-6-33-16(18)20-9;/h3,6,11,14H,4-5H2,1-2H3,(H2,18,20)(H,21,25)(H,27,28);/q;+1/p-1/b19-3+;. The van der Waals surface area contributed by atoms with Gasteiger partial charge in [0.2, 0.25) is 0 Å². The number of hydrogen-bond acceptors (Lipinski definition) is 13. The van der Waals surface area contributed by atoms with Crippen LogP contribution in [0.25, 0.3) is 0 Å². The van der Waals surface area contributed by atoms with Gasteiger partial charge >= 0.3 is 41.6 Å². The van der Waals surface area contributed by atoms with Gasteiger partial charge in [-0.15, -0.1) is 23.1 Å². The number of thiazole rings is 1. The van der Waals surface area contributed by atoms with E-state index in [2.05, 4.69) is 20.3 Å². The number of β-lactam (4-membered cyclic amide) rings is 1. The number of nitrogens with zero attached hydrogens (tertiary/aromatic N) is 4. The van der Waals surface area contributed by atoms with Crippen LogP contribution in [0.4, 0.5) is 15.7 Å². The van der Waals surface area contributed by atoms with Crippen molar-refractivity contribution in [3.63, 3.8) is 0 Å². The van der Waals surface area contributed by atoms with Gasteiger partial charge < -0.3 is 25.7 Å². The number of carboxylic acid groups (broad SMARTS) is 1. The van der Waals surface area contributed by atoms with E-state index in [1.807, 2.05) is 0 Å². The Labute approximate surface area is 222 Å². The molecule has 0 radical (unpaired) electrons. The maximum Gasteiger partial charge on any atom is 1.00 e. The first kappa shape index (κ1) is 27.6. The summed E-state index contributed by atoms with van der Waals surface area (Å²) in [6.07, 6.45) is -0.270. The molecule has 176 valence electrons. The SMILES string of the molecule is CC(=O)OCC1=C(C(=O)[O-])N2C(=O)C(NC(=O)/C=N/OC(=O)N(C)c3csc(N)n3)C2SC1.[Na+]. The van der Waals surface area contributed by atoms with E-state index < -0.39 is 41.3 Å². The number of esters is 1. The Morgan fingerprint density at radius 1 is 1.44 bits per heavy atom. The molecule has 0 aliphatic carbocycles. The van der Waals surface area contributed by atoms with Crippen molar-refractivity contribution in [2.45, 2.75) is 18.3 Å². The molecule has 1 fully saturated rings. The van der Waals surface area contributed by atoms with E-state index in [1.54, 1.807) is 0 Å². The number of hydrogen-bond donors (Lipinski definition) is 2. The van der Waals surface area contributed by atoms with Crippen LogP contribution in [-0.2, 0) is 28.8 Å². The van der Waals surface area contributed by atoms with E-state index in [-0.39, 0.29) is 64.1 Å². The smallest absolute Gasteiger partial charge is 0.543 e. The van der Waals surface area contributed by atoms with E-state index in [0.717, 1.165) is 21.1 Å². The van der Waals surface area contributed by atoms with E-state index in [9.17, 15) is 29.1 Å². The van der Waals surface area contributed by atoms with Gasteiger partial charge in [-0.3, -0.25) is 29.0 Å². The van der Waals surface area contributed by atoms with Gasteiger partial charge in [-0.2, -0.15) is 0 Å². The molecule has 14 nitrogen and oxygen atoms in total. The summed E-state index contributed by atoms with van der Waals surface area (Å²) in [5, 5.41) is 18.3. The third-order valence-electron chi connectivity index (χ3n) is 4.42. The third-order valence-corrected chi connectivity index (χ3v) is 6.42. The largest absolute Gasteiger partial charge is 1.00 e. The van der Waals surface area contributed by atoms with Crippen molar-refractivity contribution < 1.29 is 68.2 Å². The van der Waals surface area contributed by atoms with Crippen molar-refractivity contribution >= 4 is 70.1 Å². The maximum atomic E-state index is 12.5. The Hall–Kier alpha value is -2.66. The van der Waals surface area contributed by atoms with Crippen LogP contribution < -0.4 is 50.6 Å². The topological polar surface area (TPSA) is 197 Å². The molecule has 3 amide bonds. The molecular weight excluding hydrogens is 503 g/mol. The second-order valence-corrected chi connectivity index (χ2v) is 8.61. The molecule has 2 aliphatic heterocycles. The number of aliphatic carboxylic acids is 1. The second kappa shape index (κ2) is 11.7. The van der Waals surface area contributed by atoms with Crippen LogP contribution in [0.3, 0.4) is 0 Å². The molecule has 1 aromatic heterocycles. The molecular formula is C17H17N6NaO8S2. The number of oxime groups is 1. The van der Waals surface area contributed by atoms with E-state index in [1.165, 1.54) is 31.1 Å². The Balaban J connectivity index is 0.00000408. The maximum absolute atomic E-state index is 12.5. The molecule has 1 saturated heterocycles. The third kappa shape index (κ3) is 6.06. The zero-order valence-corrected chi connectivity index (χ0v) is 21.8. The van der Waals surface area contributed by atoms with Crippen LogP contribution in [-0.4, -0.2) is 76.8 Å². The summed E-state index contributed by atoms with van der Waals surface area (Å²) >= 11 is 2.30. The number of fused-ring (bicyclic) bond motifs is 1. The summed E-state index contributed by atoms with van der Waals surface area (Å²) in [7, 11) is 1.37. The van der Waals surface area contributed by atoms with Crippen LogP contribution in [0, 0.1) is 0 Å². The number of nitrogen functional groups attached to an aromatic ring is 1. The van der Waals surface area contributed by atoms with Crippen molar-refractivity contribution in [1.82, 2.24) is 15.2 Å². The number of rotatable bonds is 7. The zero-order chi connectivity index (χ0) is 24.3. The molecule has 0 aromatic carbocycles. The molecule has 2 unspecified atom stereocenters. The number of nitrogens with one attached hydrogen (secondary N) is 1. The zero-order valence-electron chi connectivity index (χ0n) is 18.2. The number of aromatic nitrogens is 1. The minimum atomic E-state index is -1.60. The summed E-state index contributed by atoms with van der Waals surface area (Å²) in [6.45, 7) is 0.878. The van der Waals surface area contributed by atoms with Gasteiger partial charge in [0.15, 0.2) is 10.9 Å². The molecule has 0 spiro atoms. The van der Waals surface area contributed by atoms with Gasteiger partial charge in [-0.05, 0) is 0 Å². The van der Waals surface area contributed by atoms with Gasteiger partial charge in [0.05, 0.1) is 11.7 Å². The average Bonchev–Trinajstić information content (AvgIpc) is 3.20. The fourth-order valence-electron chi connectivity index (χ4n) is 2.87. The van der Waals surface area contributed by atoms with Crippen LogP contribution in [0.2, 0.25) is 0 Å². The Bertz CT molecular complexity index is 1080. The summed E-state index contributed by atoms with van der Waals surface area (Å²) < 4.78 is 4.83. The molecule has 17 heteroatoms. The van der Waals surface area contributed by atoms with Crippen molar-refractivity contribution in [2.75, 3.05) is 30.0 Å². The fourth-order valence-corrected chi connectivity index (χ4v) is 4.78. The number of thioether (sulfide) groups is 1. The molecule has 3 rings (SSSR count). The number of amides is 3. The van der Waals surface area contributed by atoms with Crippen molar-refractivity contribution in [3.05, 3.63) is 16.7 Å². The van der Waals surface area contributed by atoms with E-state index >= 15 is 0 Å². The average molecular weight is 520 g/mol. The molecule has 34 heavy (non-hydrogen) atoms. The minimum Gasteiger partial charge on any atom is -0.543 e. The Morgan fingerprint density at radius 2 is 2.15 bits per heavy atom. The van der Waals surface area contributed by atoms with Gasteiger partial charge in [0, 0.05) is 30.7 Å². The number of carboxylic acids is 1. The number of ether oxygens (including phenoxy) is 1. The first-order chi connectivity index (χ1) is 15.6. The molecule has 0 saturated carbocycles. The van der Waals surface area contributed by atoms with Crippen LogP contribution in [0.5, 0.6) is 0 Å². The van der Waals surface area contributed by atoms with Crippen LogP contribution in [0.15, 0.2) is 21.8 Å². The second-order valence-electron chi connectivity index (χ2n) is 6.61. The molecule has 3 heterocycles. The first-order valence-corrected chi connectivity index (χ1v) is 11.0. The minimum absolute atomic E-state index is 0. The van der Waals surface area contributed by atoms with E-state index in [4.69, 9.17) is 10.5 Å². The van der Waals surface area contributed by atoms with Crippen molar-refractivity contribution in [2.24, 2.45) is 5.16 Å². The van der Waals surface area contributed by atoms with Gasteiger partial charge in [-0.1, -0.05) is 5.16 Å². The van der Waals surface area contributed by atoms with Crippen molar-refractivity contribution in [3.8, 4) is 0 Å². The molecule has 1 aromatic rings. The predicted molar refractivity (Wildman–Crippen MR) is 114 cm³/mol. The monoisotopic (exact) mass is 520 g/mol. The van der Waals surface area contributed by atoms with Gasteiger partial charge in [0.25, 0.3) is 11.8 Å². The summed E-state index contributed by atoms with van der Waals surface area (Å²) in [5.74, 6) is -3.34. The fraction of sp³-hybridized carbons (Fsp3) is 0.353. The number of anilines is 2. The quantitative estimate of drug-likeness (QED) is 0.0874. The normalized spacial score (nSPS) is 19.0. The molecule has 0 bridgehead atoms.